The van der Waals surface area contributed by atoms with Crippen LogP contribution in [0.25, 0.3) is 0 Å². The van der Waals surface area contributed by atoms with Crippen LogP contribution < -0.4 is 10.1 Å². The third-order valence-corrected chi connectivity index (χ3v) is 2.65. The Kier molecular flexibility index (Phi) is 4.97. The van der Waals surface area contributed by atoms with Gasteiger partial charge in [-0.2, -0.15) is 0 Å². The first-order valence-electron chi connectivity index (χ1n) is 5.68. The number of hydrogen-bond donors (Lipinski definition) is 2. The molecule has 1 unspecified atom stereocenters. The van der Waals surface area contributed by atoms with Gasteiger partial charge in [0.15, 0.2) is 0 Å². The molecule has 4 heteroatoms. The maximum Gasteiger partial charge on any atom is 0.305 e. The number of aliphatic carboxylic acids is 1. The van der Waals surface area contributed by atoms with Crippen LogP contribution in [0.5, 0.6) is 5.75 Å². The van der Waals surface area contributed by atoms with Gasteiger partial charge in [-0.3, -0.25) is 4.79 Å². The first kappa shape index (κ1) is 13.5. The monoisotopic (exact) mass is 237 g/mol. The van der Waals surface area contributed by atoms with Gasteiger partial charge in [-0.1, -0.05) is 19.1 Å². The van der Waals surface area contributed by atoms with Crippen LogP contribution in [0.15, 0.2) is 18.2 Å². The van der Waals surface area contributed by atoms with Gasteiger partial charge < -0.3 is 15.2 Å². The summed E-state index contributed by atoms with van der Waals surface area (Å²) < 4.78 is 5.18. The molecular formula is C13H19NO3. The van der Waals surface area contributed by atoms with Crippen LogP contribution in [0.2, 0.25) is 0 Å². The summed E-state index contributed by atoms with van der Waals surface area (Å²) in [5.74, 6) is 0.0174. The molecule has 0 saturated carbocycles. The summed E-state index contributed by atoms with van der Waals surface area (Å²) in [6.45, 7) is 4.65. The minimum Gasteiger partial charge on any atom is -0.496 e. The molecule has 4 nitrogen and oxygen atoms in total. The number of ether oxygens (including phenoxy) is 1. The van der Waals surface area contributed by atoms with E-state index in [1.807, 2.05) is 32.0 Å². The Morgan fingerprint density at radius 3 is 2.71 bits per heavy atom. The second-order valence-electron chi connectivity index (χ2n) is 3.94. The maximum atomic E-state index is 10.8. The van der Waals surface area contributed by atoms with E-state index in [1.165, 1.54) is 0 Å². The average Bonchev–Trinajstić information content (AvgIpc) is 2.28. The molecular weight excluding hydrogens is 218 g/mol. The summed E-state index contributed by atoms with van der Waals surface area (Å²) in [6, 6.07) is 5.59. The van der Waals surface area contributed by atoms with Crippen molar-refractivity contribution in [2.24, 2.45) is 0 Å². The number of carbonyl (C=O) groups is 1. The second-order valence-corrected chi connectivity index (χ2v) is 3.94. The van der Waals surface area contributed by atoms with Crippen molar-refractivity contribution < 1.29 is 14.6 Å². The first-order valence-corrected chi connectivity index (χ1v) is 5.68. The van der Waals surface area contributed by atoms with Crippen LogP contribution in [-0.4, -0.2) is 24.7 Å². The van der Waals surface area contributed by atoms with E-state index in [1.54, 1.807) is 7.11 Å². The largest absolute Gasteiger partial charge is 0.496 e. The van der Waals surface area contributed by atoms with Crippen LogP contribution in [0, 0.1) is 6.92 Å². The van der Waals surface area contributed by atoms with Gasteiger partial charge in [0.05, 0.1) is 13.5 Å². The molecule has 0 saturated heterocycles. The zero-order valence-electron chi connectivity index (χ0n) is 10.5. The number of methoxy groups -OCH3 is 1. The molecule has 0 bridgehead atoms. The molecule has 0 spiro atoms. The minimum absolute atomic E-state index is 0.0829. The van der Waals surface area contributed by atoms with E-state index in [-0.39, 0.29) is 12.5 Å². The zero-order valence-corrected chi connectivity index (χ0v) is 10.5. The summed E-state index contributed by atoms with van der Waals surface area (Å²) >= 11 is 0. The van der Waals surface area contributed by atoms with Crippen molar-refractivity contribution in [1.82, 2.24) is 5.32 Å². The highest BCUT2D eigenvalue weighted by molar-refractivity contribution is 5.68. The summed E-state index contributed by atoms with van der Waals surface area (Å²) in [4.78, 5) is 10.8. The Morgan fingerprint density at radius 1 is 1.53 bits per heavy atom. The third kappa shape index (κ3) is 3.75. The van der Waals surface area contributed by atoms with E-state index in [2.05, 4.69) is 5.32 Å². The lowest BCUT2D eigenvalue weighted by molar-refractivity contribution is -0.137. The molecule has 2 N–H and O–H groups in total. The van der Waals surface area contributed by atoms with E-state index in [0.717, 1.165) is 23.4 Å². The van der Waals surface area contributed by atoms with Gasteiger partial charge in [0.25, 0.3) is 0 Å². The Labute approximate surface area is 102 Å². The fourth-order valence-corrected chi connectivity index (χ4v) is 1.85. The van der Waals surface area contributed by atoms with Crippen molar-refractivity contribution in [2.75, 3.05) is 13.7 Å². The lowest BCUT2D eigenvalue weighted by Gasteiger charge is -2.17. The van der Waals surface area contributed by atoms with Gasteiger partial charge in [-0.15, -0.1) is 0 Å². The quantitative estimate of drug-likeness (QED) is 0.795. The molecule has 1 aromatic carbocycles. The summed E-state index contributed by atoms with van der Waals surface area (Å²) in [7, 11) is 1.63. The third-order valence-electron chi connectivity index (χ3n) is 2.65. The molecule has 94 valence electrons. The Morgan fingerprint density at radius 2 is 2.24 bits per heavy atom. The molecule has 1 rings (SSSR count). The van der Waals surface area contributed by atoms with Crippen molar-refractivity contribution in [2.45, 2.75) is 26.3 Å². The maximum absolute atomic E-state index is 10.8. The summed E-state index contributed by atoms with van der Waals surface area (Å²) in [5, 5.41) is 12.1. The van der Waals surface area contributed by atoms with Gasteiger partial charge in [-0.25, -0.2) is 0 Å². The molecule has 0 aromatic heterocycles. The highest BCUT2D eigenvalue weighted by Crippen LogP contribution is 2.24. The normalized spacial score (nSPS) is 12.2. The molecule has 0 amide bonds. The number of carboxylic acids is 1. The molecule has 1 atom stereocenters. The van der Waals surface area contributed by atoms with Gasteiger partial charge in [-0.05, 0) is 30.7 Å². The van der Waals surface area contributed by atoms with Crippen molar-refractivity contribution in [1.29, 1.82) is 0 Å². The van der Waals surface area contributed by atoms with E-state index in [9.17, 15) is 4.79 Å². The number of benzene rings is 1. The Balaban J connectivity index is 2.93. The lowest BCUT2D eigenvalue weighted by Crippen LogP contribution is -2.23. The Bertz CT molecular complexity index is 390. The first-order chi connectivity index (χ1) is 8.08. The number of carboxylic acid groups (broad SMARTS) is 1. The summed E-state index contributed by atoms with van der Waals surface area (Å²) in [6.07, 6.45) is 0.0829. The number of nitrogens with one attached hydrogen (secondary N) is 1. The van der Waals surface area contributed by atoms with Crippen molar-refractivity contribution >= 4 is 5.97 Å². The number of aryl methyl sites for hydroxylation is 1. The number of hydrogen-bond acceptors (Lipinski definition) is 3. The van der Waals surface area contributed by atoms with Crippen LogP contribution in [-0.2, 0) is 4.79 Å². The molecule has 0 heterocycles. The summed E-state index contributed by atoms with van der Waals surface area (Å²) in [5.41, 5.74) is 1.99. The van der Waals surface area contributed by atoms with Crippen LogP contribution in [0.4, 0.5) is 0 Å². The predicted octanol–water partition coefficient (Wildman–Crippen LogP) is 2.13. The second kappa shape index (κ2) is 6.25. The lowest BCUT2D eigenvalue weighted by atomic mass is 10.0. The number of rotatable bonds is 6. The standard InChI is InChI=1S/C13H19NO3/c1-4-14-11(8-13(15)16)10-5-6-12(17-3)9(2)7-10/h5-7,11,14H,4,8H2,1-3H3,(H,15,16). The van der Waals surface area contributed by atoms with Crippen molar-refractivity contribution in [3.8, 4) is 5.75 Å². The van der Waals surface area contributed by atoms with Gasteiger partial charge in [0.2, 0.25) is 0 Å². The van der Waals surface area contributed by atoms with Crippen molar-refractivity contribution in [3.05, 3.63) is 29.3 Å². The Hall–Kier alpha value is -1.55. The molecule has 1 aromatic rings. The average molecular weight is 237 g/mol. The van der Waals surface area contributed by atoms with E-state index >= 15 is 0 Å². The van der Waals surface area contributed by atoms with E-state index in [0.29, 0.717) is 0 Å². The zero-order chi connectivity index (χ0) is 12.8. The van der Waals surface area contributed by atoms with Crippen molar-refractivity contribution in [3.63, 3.8) is 0 Å². The highest BCUT2D eigenvalue weighted by Gasteiger charge is 2.15. The van der Waals surface area contributed by atoms with Gasteiger partial charge >= 0.3 is 5.97 Å². The fraction of sp³-hybridized carbons (Fsp3) is 0.462. The van der Waals surface area contributed by atoms with Crippen LogP contribution in [0.1, 0.15) is 30.5 Å². The predicted molar refractivity (Wildman–Crippen MR) is 66.4 cm³/mol. The van der Waals surface area contributed by atoms with Gasteiger partial charge in [0, 0.05) is 6.04 Å². The molecule has 0 aliphatic heterocycles. The highest BCUT2D eigenvalue weighted by atomic mass is 16.5. The SMILES string of the molecule is CCNC(CC(=O)O)c1ccc(OC)c(C)c1. The molecule has 0 aliphatic carbocycles. The van der Waals surface area contributed by atoms with Crippen LogP contribution >= 0.6 is 0 Å². The minimum atomic E-state index is -0.801. The molecule has 17 heavy (non-hydrogen) atoms. The topological polar surface area (TPSA) is 58.6 Å². The molecule has 0 fully saturated rings. The van der Waals surface area contributed by atoms with E-state index in [4.69, 9.17) is 9.84 Å². The van der Waals surface area contributed by atoms with Gasteiger partial charge in [0.1, 0.15) is 5.75 Å². The van der Waals surface area contributed by atoms with E-state index < -0.39 is 5.97 Å². The fourth-order valence-electron chi connectivity index (χ4n) is 1.85. The van der Waals surface area contributed by atoms with Crippen LogP contribution in [0.3, 0.4) is 0 Å². The molecule has 0 aliphatic rings. The smallest absolute Gasteiger partial charge is 0.305 e. The molecule has 0 radical (unpaired) electrons.